The highest BCUT2D eigenvalue weighted by Gasteiger charge is 2.12. The molecule has 0 fully saturated rings. The number of aryl methyl sites for hydroxylation is 1. The quantitative estimate of drug-likeness (QED) is 0.676. The van der Waals surface area contributed by atoms with Crippen LogP contribution in [-0.4, -0.2) is 23.9 Å². The molecule has 0 spiro atoms. The summed E-state index contributed by atoms with van der Waals surface area (Å²) in [5.41, 5.74) is 2.21. The topological polar surface area (TPSA) is 28.5 Å². The fourth-order valence-electron chi connectivity index (χ4n) is 1.65. The average Bonchev–Trinajstić information content (AvgIpc) is 2.20. The van der Waals surface area contributed by atoms with Crippen molar-refractivity contribution in [3.63, 3.8) is 0 Å². The number of nitrogens with zero attached hydrogens (tertiary/aromatic N) is 3. The largest absolute Gasteiger partial charge is 0.329 e. The van der Waals surface area contributed by atoms with Crippen molar-refractivity contribution in [2.45, 2.75) is 20.3 Å². The van der Waals surface area contributed by atoms with Crippen molar-refractivity contribution in [3.05, 3.63) is 24.0 Å². The number of hydrogen-bond donors (Lipinski definition) is 0. The third-order valence-corrected chi connectivity index (χ3v) is 2.48. The number of aliphatic imine (C=N–C) groups is 1. The van der Waals surface area contributed by atoms with Gasteiger partial charge in [0, 0.05) is 18.8 Å². The zero-order valence-corrected chi connectivity index (χ0v) is 8.70. The van der Waals surface area contributed by atoms with Crippen molar-refractivity contribution >= 4 is 11.5 Å². The van der Waals surface area contributed by atoms with Gasteiger partial charge in [0.1, 0.15) is 5.84 Å². The molecule has 14 heavy (non-hydrogen) atoms. The van der Waals surface area contributed by atoms with E-state index in [1.165, 1.54) is 0 Å². The molecule has 0 aliphatic carbocycles. The molecule has 0 aromatic carbocycles. The van der Waals surface area contributed by atoms with E-state index in [0.717, 1.165) is 36.7 Å². The third kappa shape index (κ3) is 1.76. The summed E-state index contributed by atoms with van der Waals surface area (Å²) in [6, 6.07) is 4.14. The van der Waals surface area contributed by atoms with Gasteiger partial charge in [-0.3, -0.25) is 9.98 Å². The maximum Gasteiger partial charge on any atom is 0.100 e. The molecule has 2 rings (SSSR count). The van der Waals surface area contributed by atoms with Crippen molar-refractivity contribution in [2.24, 2.45) is 4.99 Å². The standard InChI is InChI=1S/C11H15N3/c1-9-4-5-11(8-13-9)14-7-3-6-12-10(14)2/h4-5,8H,3,6-7H2,1-2H3. The van der Waals surface area contributed by atoms with E-state index in [-0.39, 0.29) is 0 Å². The minimum atomic E-state index is 0.960. The van der Waals surface area contributed by atoms with E-state index < -0.39 is 0 Å². The van der Waals surface area contributed by atoms with Crippen LogP contribution in [0.15, 0.2) is 23.3 Å². The van der Waals surface area contributed by atoms with Gasteiger partial charge in [-0.25, -0.2) is 0 Å². The normalized spacial score (nSPS) is 16.7. The van der Waals surface area contributed by atoms with Crippen LogP contribution in [0.5, 0.6) is 0 Å². The monoisotopic (exact) mass is 189 g/mol. The van der Waals surface area contributed by atoms with Crippen LogP contribution in [0.3, 0.4) is 0 Å². The van der Waals surface area contributed by atoms with Gasteiger partial charge < -0.3 is 4.90 Å². The van der Waals surface area contributed by atoms with E-state index in [0.29, 0.717) is 0 Å². The first kappa shape index (κ1) is 9.19. The lowest BCUT2D eigenvalue weighted by Gasteiger charge is -2.27. The highest BCUT2D eigenvalue weighted by molar-refractivity contribution is 5.96. The van der Waals surface area contributed by atoms with Crippen molar-refractivity contribution in [2.75, 3.05) is 18.0 Å². The Morgan fingerprint density at radius 2 is 2.14 bits per heavy atom. The molecular formula is C11H15N3. The molecule has 3 heteroatoms. The lowest BCUT2D eigenvalue weighted by Crippen LogP contribution is -2.33. The third-order valence-electron chi connectivity index (χ3n) is 2.48. The zero-order chi connectivity index (χ0) is 9.97. The molecule has 0 radical (unpaired) electrons. The van der Waals surface area contributed by atoms with Crippen molar-refractivity contribution in [3.8, 4) is 0 Å². The molecular weight excluding hydrogens is 174 g/mol. The highest BCUT2D eigenvalue weighted by atomic mass is 15.2. The van der Waals surface area contributed by atoms with Crippen molar-refractivity contribution < 1.29 is 0 Å². The summed E-state index contributed by atoms with van der Waals surface area (Å²) in [7, 11) is 0. The van der Waals surface area contributed by atoms with Gasteiger partial charge in [-0.2, -0.15) is 0 Å². The van der Waals surface area contributed by atoms with Crippen LogP contribution in [0, 0.1) is 6.92 Å². The van der Waals surface area contributed by atoms with E-state index in [1.807, 2.05) is 19.2 Å². The van der Waals surface area contributed by atoms with Gasteiger partial charge >= 0.3 is 0 Å². The first-order valence-electron chi connectivity index (χ1n) is 4.98. The lowest BCUT2D eigenvalue weighted by atomic mass is 10.2. The van der Waals surface area contributed by atoms with Crippen LogP contribution in [0.25, 0.3) is 0 Å². The second-order valence-corrected chi connectivity index (χ2v) is 3.59. The van der Waals surface area contributed by atoms with Crippen molar-refractivity contribution in [1.82, 2.24) is 4.98 Å². The van der Waals surface area contributed by atoms with Gasteiger partial charge in [0.05, 0.1) is 11.9 Å². The van der Waals surface area contributed by atoms with Gasteiger partial charge in [-0.1, -0.05) is 0 Å². The molecule has 2 heterocycles. The predicted molar refractivity (Wildman–Crippen MR) is 58.9 cm³/mol. The smallest absolute Gasteiger partial charge is 0.100 e. The molecule has 1 aliphatic rings. The number of pyridine rings is 1. The summed E-state index contributed by atoms with van der Waals surface area (Å²) in [5, 5.41) is 0. The maximum absolute atomic E-state index is 4.42. The summed E-state index contributed by atoms with van der Waals surface area (Å²) >= 11 is 0. The number of amidine groups is 1. The van der Waals surface area contributed by atoms with Gasteiger partial charge in [-0.15, -0.1) is 0 Å². The van der Waals surface area contributed by atoms with Crippen molar-refractivity contribution in [1.29, 1.82) is 0 Å². The Hall–Kier alpha value is -1.38. The summed E-state index contributed by atoms with van der Waals surface area (Å²) < 4.78 is 0. The molecule has 1 aliphatic heterocycles. The van der Waals surface area contributed by atoms with Crippen LogP contribution in [0.4, 0.5) is 5.69 Å². The van der Waals surface area contributed by atoms with Crippen LogP contribution in [0.1, 0.15) is 19.0 Å². The molecule has 0 N–H and O–H groups in total. The number of anilines is 1. The summed E-state index contributed by atoms with van der Waals surface area (Å²) in [4.78, 5) is 10.9. The number of rotatable bonds is 1. The molecule has 0 bridgehead atoms. The first-order valence-corrected chi connectivity index (χ1v) is 4.98. The molecule has 0 amide bonds. The van der Waals surface area contributed by atoms with Gasteiger partial charge in [-0.05, 0) is 32.4 Å². The Morgan fingerprint density at radius 3 is 2.79 bits per heavy atom. The summed E-state index contributed by atoms with van der Waals surface area (Å²) in [5.74, 6) is 1.10. The van der Waals surface area contributed by atoms with E-state index in [2.05, 4.69) is 27.9 Å². The van der Waals surface area contributed by atoms with Gasteiger partial charge in [0.15, 0.2) is 0 Å². The Balaban J connectivity index is 2.26. The molecule has 3 nitrogen and oxygen atoms in total. The molecule has 0 unspecified atom stereocenters. The van der Waals surface area contributed by atoms with Gasteiger partial charge in [0.25, 0.3) is 0 Å². The Kier molecular flexibility index (Phi) is 2.48. The minimum absolute atomic E-state index is 0.960. The van der Waals surface area contributed by atoms with Crippen LogP contribution >= 0.6 is 0 Å². The van der Waals surface area contributed by atoms with Crippen LogP contribution in [0.2, 0.25) is 0 Å². The van der Waals surface area contributed by atoms with E-state index in [1.54, 1.807) is 0 Å². The molecule has 0 saturated heterocycles. The number of aromatic nitrogens is 1. The Labute approximate surface area is 84.5 Å². The number of hydrogen-bond acceptors (Lipinski definition) is 3. The second kappa shape index (κ2) is 3.78. The Morgan fingerprint density at radius 1 is 1.29 bits per heavy atom. The van der Waals surface area contributed by atoms with E-state index in [9.17, 15) is 0 Å². The highest BCUT2D eigenvalue weighted by Crippen LogP contribution is 2.16. The molecule has 1 aromatic rings. The molecule has 74 valence electrons. The van der Waals surface area contributed by atoms with Crippen LogP contribution in [-0.2, 0) is 0 Å². The van der Waals surface area contributed by atoms with E-state index in [4.69, 9.17) is 0 Å². The predicted octanol–water partition coefficient (Wildman–Crippen LogP) is 2.02. The fourth-order valence-corrected chi connectivity index (χ4v) is 1.65. The lowest BCUT2D eigenvalue weighted by molar-refractivity contribution is 0.786. The minimum Gasteiger partial charge on any atom is -0.329 e. The summed E-state index contributed by atoms with van der Waals surface area (Å²) in [6.45, 7) is 6.07. The van der Waals surface area contributed by atoms with Gasteiger partial charge in [0.2, 0.25) is 0 Å². The molecule has 0 atom stereocenters. The molecule has 1 aromatic heterocycles. The Bertz CT molecular complexity index is 340. The zero-order valence-electron chi connectivity index (χ0n) is 8.70. The second-order valence-electron chi connectivity index (χ2n) is 3.59. The molecule has 0 saturated carbocycles. The van der Waals surface area contributed by atoms with Crippen LogP contribution < -0.4 is 4.90 Å². The first-order chi connectivity index (χ1) is 6.77. The fraction of sp³-hybridized carbons (Fsp3) is 0.455. The SMILES string of the molecule is CC1=NCCCN1c1ccc(C)nc1. The average molecular weight is 189 g/mol. The van der Waals surface area contributed by atoms with E-state index >= 15 is 0 Å². The summed E-state index contributed by atoms with van der Waals surface area (Å²) in [6.07, 6.45) is 3.05. The maximum atomic E-state index is 4.42.